The zero-order valence-electron chi connectivity index (χ0n) is 12.6. The summed E-state index contributed by atoms with van der Waals surface area (Å²) in [5, 5.41) is 3.16. The van der Waals surface area contributed by atoms with Crippen LogP contribution in [0.2, 0.25) is 0 Å². The molecule has 1 aliphatic heterocycles. The van der Waals surface area contributed by atoms with Gasteiger partial charge in [0.15, 0.2) is 0 Å². The van der Waals surface area contributed by atoms with E-state index in [0.717, 1.165) is 25.9 Å². The number of ether oxygens (including phenoxy) is 1. The molecule has 0 radical (unpaired) electrons. The van der Waals surface area contributed by atoms with Gasteiger partial charge >= 0.3 is 6.09 Å². The van der Waals surface area contributed by atoms with E-state index in [-0.39, 0.29) is 6.10 Å². The third-order valence-corrected chi connectivity index (χ3v) is 3.45. The van der Waals surface area contributed by atoms with Crippen molar-refractivity contribution in [3.05, 3.63) is 60.7 Å². The van der Waals surface area contributed by atoms with Crippen molar-refractivity contribution in [2.75, 3.05) is 13.1 Å². The maximum Gasteiger partial charge on any atom is 0.404 e. The summed E-state index contributed by atoms with van der Waals surface area (Å²) in [6.07, 6.45) is 1.14. The Bertz CT molecular complexity index is 514. The van der Waals surface area contributed by atoms with Gasteiger partial charge in [0.05, 0.1) is 0 Å². The first kappa shape index (κ1) is 16.0. The first-order valence-electron chi connectivity index (χ1n) is 7.53. The van der Waals surface area contributed by atoms with Crippen molar-refractivity contribution in [3.8, 4) is 11.1 Å². The Hall–Kier alpha value is -2.33. The van der Waals surface area contributed by atoms with Crippen molar-refractivity contribution in [1.82, 2.24) is 5.32 Å². The van der Waals surface area contributed by atoms with Crippen LogP contribution in [-0.4, -0.2) is 25.3 Å². The van der Waals surface area contributed by atoms with Gasteiger partial charge in [-0.05, 0) is 37.1 Å². The molecule has 2 aromatic carbocycles. The third kappa shape index (κ3) is 5.58. The second-order valence-corrected chi connectivity index (χ2v) is 5.12. The lowest BCUT2D eigenvalue weighted by Crippen LogP contribution is -2.34. The second-order valence-electron chi connectivity index (χ2n) is 5.12. The summed E-state index contributed by atoms with van der Waals surface area (Å²) in [6.45, 7) is 1.83. The van der Waals surface area contributed by atoms with Gasteiger partial charge in [-0.2, -0.15) is 0 Å². The van der Waals surface area contributed by atoms with Crippen molar-refractivity contribution in [2.45, 2.75) is 18.9 Å². The normalized spacial score (nSPS) is 14.5. The molecule has 3 N–H and O–H groups in total. The summed E-state index contributed by atoms with van der Waals surface area (Å²) in [4.78, 5) is 10.2. The van der Waals surface area contributed by atoms with Crippen molar-refractivity contribution in [2.24, 2.45) is 5.73 Å². The molecule has 1 fully saturated rings. The molecule has 1 heterocycles. The monoisotopic (exact) mass is 298 g/mol. The molecule has 4 heteroatoms. The van der Waals surface area contributed by atoms with Crippen molar-refractivity contribution in [3.63, 3.8) is 0 Å². The average molecular weight is 298 g/mol. The lowest BCUT2D eigenvalue weighted by atomic mass is 10.1. The topological polar surface area (TPSA) is 64.4 Å². The maximum atomic E-state index is 10.2. The summed E-state index contributed by atoms with van der Waals surface area (Å²) >= 11 is 0. The molecule has 4 nitrogen and oxygen atoms in total. The molecule has 22 heavy (non-hydrogen) atoms. The van der Waals surface area contributed by atoms with Gasteiger partial charge in [-0.3, -0.25) is 0 Å². The molecule has 1 aliphatic rings. The summed E-state index contributed by atoms with van der Waals surface area (Å²) in [5.41, 5.74) is 7.39. The predicted molar refractivity (Wildman–Crippen MR) is 88.4 cm³/mol. The van der Waals surface area contributed by atoms with E-state index in [1.54, 1.807) is 0 Å². The molecule has 0 saturated carbocycles. The molecule has 116 valence electrons. The van der Waals surface area contributed by atoms with Crippen molar-refractivity contribution in [1.29, 1.82) is 0 Å². The van der Waals surface area contributed by atoms with E-state index >= 15 is 0 Å². The molecule has 3 rings (SSSR count). The SMILES string of the molecule is NC(=O)OC1CCNCC1.c1ccc(-c2ccccc2)cc1. The zero-order valence-corrected chi connectivity index (χ0v) is 12.6. The van der Waals surface area contributed by atoms with E-state index < -0.39 is 6.09 Å². The molecule has 0 unspecified atom stereocenters. The average Bonchev–Trinajstić information content (AvgIpc) is 2.57. The summed E-state index contributed by atoms with van der Waals surface area (Å²) in [6, 6.07) is 20.8. The van der Waals surface area contributed by atoms with E-state index in [1.165, 1.54) is 11.1 Å². The number of benzene rings is 2. The van der Waals surface area contributed by atoms with Crippen LogP contribution in [0.5, 0.6) is 0 Å². The van der Waals surface area contributed by atoms with Gasteiger partial charge in [0.25, 0.3) is 0 Å². The minimum absolute atomic E-state index is 0.0405. The van der Waals surface area contributed by atoms with Crippen LogP contribution in [-0.2, 0) is 4.74 Å². The summed E-state index contributed by atoms with van der Waals surface area (Å²) < 4.78 is 4.79. The van der Waals surface area contributed by atoms with Crippen LogP contribution < -0.4 is 11.1 Å². The quantitative estimate of drug-likeness (QED) is 0.895. The molecule has 0 aromatic heterocycles. The highest BCUT2D eigenvalue weighted by molar-refractivity contribution is 5.64. The standard InChI is InChI=1S/C12H10.C6H12N2O2/c1-3-7-11(8-4-1)12-9-5-2-6-10-12;7-6(9)10-5-1-3-8-4-2-5/h1-10H;5,8H,1-4H2,(H2,7,9). The Labute approximate surface area is 131 Å². The molecule has 1 amide bonds. The lowest BCUT2D eigenvalue weighted by Gasteiger charge is -2.21. The van der Waals surface area contributed by atoms with E-state index in [9.17, 15) is 4.79 Å². The number of primary amides is 1. The molecular formula is C18H22N2O2. The molecule has 0 spiro atoms. The van der Waals surface area contributed by atoms with Gasteiger partial charge in [0.1, 0.15) is 6.10 Å². The fraction of sp³-hybridized carbons (Fsp3) is 0.278. The zero-order chi connectivity index (χ0) is 15.6. The number of nitrogens with one attached hydrogen (secondary N) is 1. The number of amides is 1. The minimum Gasteiger partial charge on any atom is -0.446 e. The van der Waals surface area contributed by atoms with Gasteiger partial charge in [0.2, 0.25) is 0 Å². The fourth-order valence-corrected chi connectivity index (χ4v) is 2.34. The number of piperidine rings is 1. The van der Waals surface area contributed by atoms with Crippen molar-refractivity contribution >= 4 is 6.09 Å². The number of carbonyl (C=O) groups excluding carboxylic acids is 1. The predicted octanol–water partition coefficient (Wildman–Crippen LogP) is 3.19. The smallest absolute Gasteiger partial charge is 0.404 e. The molecule has 0 atom stereocenters. The molecule has 1 saturated heterocycles. The van der Waals surface area contributed by atoms with Crippen LogP contribution in [0.3, 0.4) is 0 Å². The number of nitrogens with two attached hydrogens (primary N) is 1. The van der Waals surface area contributed by atoms with Crippen LogP contribution in [0.4, 0.5) is 4.79 Å². The van der Waals surface area contributed by atoms with E-state index in [1.807, 2.05) is 12.1 Å². The van der Waals surface area contributed by atoms with Crippen LogP contribution in [0.15, 0.2) is 60.7 Å². The van der Waals surface area contributed by atoms with Gasteiger partial charge in [-0.15, -0.1) is 0 Å². The van der Waals surface area contributed by atoms with Gasteiger partial charge in [-0.25, -0.2) is 4.79 Å². The van der Waals surface area contributed by atoms with Crippen molar-refractivity contribution < 1.29 is 9.53 Å². The molecule has 0 bridgehead atoms. The molecule has 2 aromatic rings. The van der Waals surface area contributed by atoms with Gasteiger partial charge < -0.3 is 15.8 Å². The largest absolute Gasteiger partial charge is 0.446 e. The highest BCUT2D eigenvalue weighted by Gasteiger charge is 2.14. The van der Waals surface area contributed by atoms with E-state index in [2.05, 4.69) is 53.8 Å². The third-order valence-electron chi connectivity index (χ3n) is 3.45. The maximum absolute atomic E-state index is 10.2. The number of hydrogen-bond acceptors (Lipinski definition) is 3. The first-order chi connectivity index (χ1) is 10.8. The highest BCUT2D eigenvalue weighted by Crippen LogP contribution is 2.17. The fourth-order valence-electron chi connectivity index (χ4n) is 2.34. The van der Waals surface area contributed by atoms with E-state index in [4.69, 9.17) is 10.5 Å². The Morgan fingerprint density at radius 1 is 0.909 bits per heavy atom. The minimum atomic E-state index is -0.660. The van der Waals surface area contributed by atoms with Crippen LogP contribution >= 0.6 is 0 Å². The number of hydrogen-bond donors (Lipinski definition) is 2. The number of carbonyl (C=O) groups is 1. The van der Waals surface area contributed by atoms with Crippen LogP contribution in [0.1, 0.15) is 12.8 Å². The molecular weight excluding hydrogens is 276 g/mol. The Morgan fingerprint density at radius 3 is 1.77 bits per heavy atom. The Balaban J connectivity index is 0.000000164. The first-order valence-corrected chi connectivity index (χ1v) is 7.53. The van der Waals surface area contributed by atoms with Crippen LogP contribution in [0, 0.1) is 0 Å². The van der Waals surface area contributed by atoms with Gasteiger partial charge in [-0.1, -0.05) is 60.7 Å². The summed E-state index contributed by atoms with van der Waals surface area (Å²) in [5.74, 6) is 0. The van der Waals surface area contributed by atoms with E-state index in [0.29, 0.717) is 0 Å². The Kier molecular flexibility index (Phi) is 6.45. The molecule has 0 aliphatic carbocycles. The highest BCUT2D eigenvalue weighted by atomic mass is 16.6. The van der Waals surface area contributed by atoms with Gasteiger partial charge in [0, 0.05) is 0 Å². The van der Waals surface area contributed by atoms with Crippen LogP contribution in [0.25, 0.3) is 11.1 Å². The lowest BCUT2D eigenvalue weighted by molar-refractivity contribution is 0.0872. The Morgan fingerprint density at radius 2 is 1.36 bits per heavy atom. The second kappa shape index (κ2) is 8.85. The summed E-state index contributed by atoms with van der Waals surface area (Å²) in [7, 11) is 0. The number of rotatable bonds is 2.